The maximum Gasteiger partial charge on any atom is 0.211 e. The summed E-state index contributed by atoms with van der Waals surface area (Å²) < 4.78 is 31.1. The fourth-order valence-electron chi connectivity index (χ4n) is 2.56. The number of methoxy groups -OCH3 is 1. The Hall–Kier alpha value is -0.170. The Kier molecular flexibility index (Phi) is 7.14. The lowest BCUT2D eigenvalue weighted by atomic mass is 9.79. The largest absolute Gasteiger partial charge is 0.385 e. The first-order valence-corrected chi connectivity index (χ1v) is 8.40. The highest BCUT2D eigenvalue weighted by atomic mass is 32.2. The smallest absolute Gasteiger partial charge is 0.211 e. The highest BCUT2D eigenvalue weighted by molar-refractivity contribution is 7.89. The van der Waals surface area contributed by atoms with Gasteiger partial charge >= 0.3 is 0 Å². The second-order valence-corrected chi connectivity index (χ2v) is 6.98. The van der Waals surface area contributed by atoms with Gasteiger partial charge in [0.05, 0.1) is 5.75 Å². The summed E-state index contributed by atoms with van der Waals surface area (Å²) in [6.07, 6.45) is 5.16. The maximum atomic E-state index is 11.7. The van der Waals surface area contributed by atoms with Crippen molar-refractivity contribution in [1.82, 2.24) is 4.72 Å². The van der Waals surface area contributed by atoms with Gasteiger partial charge in [0.15, 0.2) is 0 Å². The summed E-state index contributed by atoms with van der Waals surface area (Å²) in [4.78, 5) is 0. The Morgan fingerprint density at radius 3 is 2.56 bits per heavy atom. The first-order chi connectivity index (χ1) is 8.59. The monoisotopic (exact) mass is 278 g/mol. The Balaban J connectivity index is 2.33. The molecule has 3 N–H and O–H groups in total. The van der Waals surface area contributed by atoms with Crippen molar-refractivity contribution in [3.05, 3.63) is 0 Å². The molecule has 0 radical (unpaired) electrons. The molecule has 2 unspecified atom stereocenters. The van der Waals surface area contributed by atoms with Gasteiger partial charge in [-0.2, -0.15) is 0 Å². The zero-order chi connectivity index (χ0) is 13.4. The minimum absolute atomic E-state index is 0.140. The molecule has 1 aliphatic rings. The van der Waals surface area contributed by atoms with Gasteiger partial charge in [-0.05, 0) is 37.6 Å². The normalized spacial score (nSPS) is 25.2. The second kappa shape index (κ2) is 8.09. The predicted octanol–water partition coefficient (Wildman–Crippen LogP) is 0.707. The van der Waals surface area contributed by atoms with Crippen molar-refractivity contribution < 1.29 is 13.2 Å². The van der Waals surface area contributed by atoms with Crippen molar-refractivity contribution >= 4 is 10.0 Å². The molecular formula is C12H26N2O3S. The molecule has 0 saturated heterocycles. The second-order valence-electron chi connectivity index (χ2n) is 5.05. The summed E-state index contributed by atoms with van der Waals surface area (Å²) in [5, 5.41) is 0. The molecule has 18 heavy (non-hydrogen) atoms. The molecular weight excluding hydrogens is 252 g/mol. The molecule has 1 aliphatic carbocycles. The van der Waals surface area contributed by atoms with E-state index in [0.29, 0.717) is 38.0 Å². The van der Waals surface area contributed by atoms with Crippen molar-refractivity contribution in [2.75, 3.05) is 32.6 Å². The number of hydrogen-bond acceptors (Lipinski definition) is 4. The summed E-state index contributed by atoms with van der Waals surface area (Å²) in [5.41, 5.74) is 5.74. The average molecular weight is 278 g/mol. The molecule has 5 nitrogen and oxygen atoms in total. The van der Waals surface area contributed by atoms with Crippen LogP contribution in [0.1, 0.15) is 32.1 Å². The Bertz CT molecular complexity index is 319. The molecule has 0 bridgehead atoms. The third kappa shape index (κ3) is 5.65. The van der Waals surface area contributed by atoms with Crippen LogP contribution in [0.3, 0.4) is 0 Å². The molecule has 0 aromatic carbocycles. The zero-order valence-electron chi connectivity index (χ0n) is 11.2. The van der Waals surface area contributed by atoms with Crippen molar-refractivity contribution in [1.29, 1.82) is 0 Å². The summed E-state index contributed by atoms with van der Waals surface area (Å²) in [6.45, 7) is 1.68. The highest BCUT2D eigenvalue weighted by Gasteiger charge is 2.25. The lowest BCUT2D eigenvalue weighted by Gasteiger charge is -2.30. The third-order valence-electron chi connectivity index (χ3n) is 3.70. The highest BCUT2D eigenvalue weighted by Crippen LogP contribution is 2.28. The first-order valence-electron chi connectivity index (χ1n) is 6.75. The minimum atomic E-state index is -3.16. The standard InChI is InChI=1S/C12H26N2O3S/c1-17-7-4-8-18(15,16)14-10-12-6-3-2-5-11(12)9-13/h11-12,14H,2-10,13H2,1H3. The molecule has 0 aliphatic heterocycles. The van der Waals surface area contributed by atoms with Gasteiger partial charge in [-0.25, -0.2) is 13.1 Å². The van der Waals surface area contributed by atoms with Crippen LogP contribution in [0, 0.1) is 11.8 Å². The SMILES string of the molecule is COCCCS(=O)(=O)NCC1CCCCC1CN. The van der Waals surface area contributed by atoms with Gasteiger partial charge in [-0.15, -0.1) is 0 Å². The predicted molar refractivity (Wildman–Crippen MR) is 72.8 cm³/mol. The minimum Gasteiger partial charge on any atom is -0.385 e. The van der Waals surface area contributed by atoms with Crippen molar-refractivity contribution in [3.63, 3.8) is 0 Å². The summed E-state index contributed by atoms with van der Waals surface area (Å²) >= 11 is 0. The number of hydrogen-bond donors (Lipinski definition) is 2. The topological polar surface area (TPSA) is 81.4 Å². The van der Waals surface area contributed by atoms with E-state index < -0.39 is 10.0 Å². The number of nitrogens with two attached hydrogens (primary N) is 1. The Morgan fingerprint density at radius 2 is 1.94 bits per heavy atom. The quantitative estimate of drug-likeness (QED) is 0.641. The molecule has 0 spiro atoms. The molecule has 2 atom stereocenters. The molecule has 1 fully saturated rings. The lowest BCUT2D eigenvalue weighted by molar-refractivity contribution is 0.199. The summed E-state index contributed by atoms with van der Waals surface area (Å²) in [7, 11) is -1.58. The van der Waals surface area contributed by atoms with Gasteiger partial charge in [-0.1, -0.05) is 12.8 Å². The van der Waals surface area contributed by atoms with E-state index >= 15 is 0 Å². The van der Waals surface area contributed by atoms with Crippen molar-refractivity contribution in [2.24, 2.45) is 17.6 Å². The van der Waals surface area contributed by atoms with Crippen LogP contribution in [0.4, 0.5) is 0 Å². The van der Waals surface area contributed by atoms with Crippen LogP contribution in [-0.4, -0.2) is 41.0 Å². The zero-order valence-corrected chi connectivity index (χ0v) is 12.0. The van der Waals surface area contributed by atoms with E-state index in [1.165, 1.54) is 12.8 Å². The number of sulfonamides is 1. The van der Waals surface area contributed by atoms with Crippen LogP contribution in [0.25, 0.3) is 0 Å². The Labute approximate surface area is 111 Å². The van der Waals surface area contributed by atoms with E-state index in [9.17, 15) is 8.42 Å². The molecule has 0 heterocycles. The summed E-state index contributed by atoms with van der Waals surface area (Å²) in [5.74, 6) is 1.02. The van der Waals surface area contributed by atoms with Crippen LogP contribution in [0.15, 0.2) is 0 Å². The number of ether oxygens (including phenoxy) is 1. The van der Waals surface area contributed by atoms with Gasteiger partial charge in [0.1, 0.15) is 0 Å². The molecule has 108 valence electrons. The van der Waals surface area contributed by atoms with E-state index in [2.05, 4.69) is 4.72 Å². The van der Waals surface area contributed by atoms with E-state index in [-0.39, 0.29) is 5.75 Å². The van der Waals surface area contributed by atoms with Gasteiger partial charge < -0.3 is 10.5 Å². The van der Waals surface area contributed by atoms with Crippen molar-refractivity contribution in [3.8, 4) is 0 Å². The molecule has 1 rings (SSSR count). The van der Waals surface area contributed by atoms with E-state index in [4.69, 9.17) is 10.5 Å². The fraction of sp³-hybridized carbons (Fsp3) is 1.00. The van der Waals surface area contributed by atoms with Crippen LogP contribution in [0.2, 0.25) is 0 Å². The van der Waals surface area contributed by atoms with Crippen LogP contribution in [-0.2, 0) is 14.8 Å². The number of nitrogens with one attached hydrogen (secondary N) is 1. The summed E-state index contributed by atoms with van der Waals surface area (Å²) in [6, 6.07) is 0. The number of rotatable bonds is 8. The third-order valence-corrected chi connectivity index (χ3v) is 5.13. The Morgan fingerprint density at radius 1 is 1.28 bits per heavy atom. The lowest BCUT2D eigenvalue weighted by Crippen LogP contribution is -2.37. The average Bonchev–Trinajstić information content (AvgIpc) is 2.37. The molecule has 0 aromatic heterocycles. The van der Waals surface area contributed by atoms with Gasteiger partial charge in [0.25, 0.3) is 0 Å². The maximum absolute atomic E-state index is 11.7. The molecule has 6 heteroatoms. The van der Waals surface area contributed by atoms with Gasteiger partial charge in [-0.3, -0.25) is 0 Å². The van der Waals surface area contributed by atoms with Crippen LogP contribution >= 0.6 is 0 Å². The molecule has 0 amide bonds. The fourth-order valence-corrected chi connectivity index (χ4v) is 3.67. The van der Waals surface area contributed by atoms with Crippen LogP contribution in [0.5, 0.6) is 0 Å². The van der Waals surface area contributed by atoms with Gasteiger partial charge in [0, 0.05) is 20.3 Å². The first kappa shape index (κ1) is 15.9. The van der Waals surface area contributed by atoms with Crippen molar-refractivity contribution in [2.45, 2.75) is 32.1 Å². The molecule has 0 aromatic rings. The van der Waals surface area contributed by atoms with E-state index in [1.54, 1.807) is 7.11 Å². The van der Waals surface area contributed by atoms with Crippen LogP contribution < -0.4 is 10.5 Å². The molecule has 1 saturated carbocycles. The van der Waals surface area contributed by atoms with Gasteiger partial charge in [0.2, 0.25) is 10.0 Å². The van der Waals surface area contributed by atoms with E-state index in [0.717, 1.165) is 12.8 Å². The van der Waals surface area contributed by atoms with E-state index in [1.807, 2.05) is 0 Å².